The maximum Gasteiger partial charge on any atom is 0.326 e. The van der Waals surface area contributed by atoms with Gasteiger partial charge in [-0.2, -0.15) is 9.98 Å². The number of amides is 3. The molecule has 226 valence electrons. The number of carbonyl (C=O) groups is 2. The molecule has 1 aromatic heterocycles. The van der Waals surface area contributed by atoms with Crippen molar-refractivity contribution in [1.82, 2.24) is 10.1 Å². The number of rotatable bonds is 8. The highest BCUT2D eigenvalue weighted by Crippen LogP contribution is 2.34. The Labute approximate surface area is 256 Å². The summed E-state index contributed by atoms with van der Waals surface area (Å²) in [7, 11) is 0. The summed E-state index contributed by atoms with van der Waals surface area (Å²) in [5, 5.41) is 10.0. The van der Waals surface area contributed by atoms with Crippen molar-refractivity contribution < 1.29 is 14.1 Å². The normalized spacial score (nSPS) is 13.9. The molecule has 1 aliphatic rings. The molecule has 3 aromatic carbocycles. The number of hydrogen-bond acceptors (Lipinski definition) is 6. The van der Waals surface area contributed by atoms with E-state index in [1.54, 1.807) is 41.3 Å². The van der Waals surface area contributed by atoms with Crippen molar-refractivity contribution in [3.05, 3.63) is 95.3 Å². The molecular formula is C33H36N8O3. The molecule has 1 saturated carbocycles. The molecule has 1 aliphatic carbocycles. The average molecular weight is 593 g/mol. The van der Waals surface area contributed by atoms with Gasteiger partial charge in [0.05, 0.1) is 6.54 Å². The Morgan fingerprint density at radius 1 is 1.05 bits per heavy atom. The molecule has 0 saturated heterocycles. The van der Waals surface area contributed by atoms with Gasteiger partial charge in [0, 0.05) is 28.4 Å². The Balaban J connectivity index is 1.39. The van der Waals surface area contributed by atoms with E-state index in [1.165, 1.54) is 37.7 Å². The molecular weight excluding hydrogens is 556 g/mol. The van der Waals surface area contributed by atoms with E-state index < -0.39 is 11.9 Å². The number of hydrogen-bond donors (Lipinski definition) is 3. The van der Waals surface area contributed by atoms with Crippen LogP contribution in [0.4, 0.5) is 16.2 Å². The van der Waals surface area contributed by atoms with E-state index in [0.717, 1.165) is 11.3 Å². The van der Waals surface area contributed by atoms with Crippen molar-refractivity contribution in [2.45, 2.75) is 64.3 Å². The van der Waals surface area contributed by atoms with Gasteiger partial charge in [0.15, 0.2) is 5.82 Å². The zero-order chi connectivity index (χ0) is 31.1. The monoisotopic (exact) mass is 592 g/mol. The number of benzene rings is 3. The highest BCUT2D eigenvalue weighted by atomic mass is 16.5. The number of guanidine groups is 1. The molecule has 0 unspecified atom stereocenters. The zero-order valence-corrected chi connectivity index (χ0v) is 24.9. The second-order valence-corrected chi connectivity index (χ2v) is 11.2. The Hall–Kier alpha value is -5.19. The van der Waals surface area contributed by atoms with Gasteiger partial charge in [-0.25, -0.2) is 10.3 Å². The van der Waals surface area contributed by atoms with Crippen molar-refractivity contribution in [3.8, 4) is 11.5 Å². The molecule has 4 aromatic rings. The van der Waals surface area contributed by atoms with Crippen LogP contribution < -0.4 is 16.0 Å². The first kappa shape index (κ1) is 30.3. The quantitative estimate of drug-likeness (QED) is 0.108. The molecule has 3 amide bonds. The van der Waals surface area contributed by atoms with Crippen LogP contribution in [0.15, 0.2) is 87.4 Å². The van der Waals surface area contributed by atoms with Crippen molar-refractivity contribution >= 4 is 29.3 Å². The van der Waals surface area contributed by atoms with E-state index in [0.29, 0.717) is 34.4 Å². The molecule has 0 atom stereocenters. The number of anilines is 2. The third-order valence-corrected chi connectivity index (χ3v) is 7.72. The molecule has 4 N–H and O–H groups in total. The maximum atomic E-state index is 13.8. The third-order valence-electron chi connectivity index (χ3n) is 7.72. The first-order valence-corrected chi connectivity index (χ1v) is 14.8. The molecule has 0 bridgehead atoms. The summed E-state index contributed by atoms with van der Waals surface area (Å²) in [5.41, 5.74) is 16.7. The lowest BCUT2D eigenvalue weighted by Crippen LogP contribution is -2.34. The highest BCUT2D eigenvalue weighted by molar-refractivity contribution is 6.03. The summed E-state index contributed by atoms with van der Waals surface area (Å²) in [6, 6.07) is 21.9. The average Bonchev–Trinajstić information content (AvgIpc) is 3.56. The topological polar surface area (TPSA) is 163 Å². The van der Waals surface area contributed by atoms with Crippen LogP contribution in [0.5, 0.6) is 0 Å². The minimum atomic E-state index is -0.598. The molecule has 44 heavy (non-hydrogen) atoms. The van der Waals surface area contributed by atoms with E-state index in [9.17, 15) is 9.59 Å². The fourth-order valence-corrected chi connectivity index (χ4v) is 5.28. The number of nitrogens with zero attached hydrogens (tertiary/aromatic N) is 5. The van der Waals surface area contributed by atoms with Crippen LogP contribution in [0.2, 0.25) is 0 Å². The van der Waals surface area contributed by atoms with Gasteiger partial charge in [-0.1, -0.05) is 68.6 Å². The van der Waals surface area contributed by atoms with Crippen LogP contribution in [-0.4, -0.2) is 28.0 Å². The largest absolute Gasteiger partial charge is 0.366 e. The first-order chi connectivity index (χ1) is 21.3. The predicted molar refractivity (Wildman–Crippen MR) is 169 cm³/mol. The lowest BCUT2D eigenvalue weighted by Gasteiger charge is -2.26. The molecule has 0 radical (unpaired) electrons. The van der Waals surface area contributed by atoms with E-state index in [4.69, 9.17) is 15.8 Å². The number of aromatic nitrogens is 2. The minimum absolute atomic E-state index is 0.130. The maximum absolute atomic E-state index is 13.8. The zero-order valence-electron chi connectivity index (χ0n) is 24.9. The molecule has 0 spiro atoms. The Morgan fingerprint density at radius 3 is 2.43 bits per heavy atom. The van der Waals surface area contributed by atoms with E-state index in [1.807, 2.05) is 38.1 Å². The first-order valence-electron chi connectivity index (χ1n) is 14.8. The highest BCUT2D eigenvalue weighted by Gasteiger charge is 2.20. The Bertz CT molecular complexity index is 1640. The van der Waals surface area contributed by atoms with Crippen LogP contribution >= 0.6 is 0 Å². The minimum Gasteiger partial charge on any atom is -0.366 e. The number of urea groups is 1. The number of nitrogens with two attached hydrogens (primary N) is 1. The summed E-state index contributed by atoms with van der Waals surface area (Å²) in [5.74, 6) is 0.670. The number of nitrogens with one attached hydrogen (secondary N) is 2. The van der Waals surface area contributed by atoms with Crippen LogP contribution in [0, 0.1) is 5.53 Å². The van der Waals surface area contributed by atoms with Gasteiger partial charge < -0.3 is 15.6 Å². The molecule has 1 heterocycles. The molecule has 0 aliphatic heterocycles. The lowest BCUT2D eigenvalue weighted by molar-refractivity contribution is 0.100. The standard InChI is InChI=1S/C33H36N8O3/c1-21(2)29-37-31(44-40-29)26-9-6-10-27(19-26)36-33(43)41(28-17-15-24(16-18-28)23-7-4-3-5-8-23)20-22-11-13-25(14-12-22)30(42)38-32(34)39-35/h6,9-19,21,23,35H,3-5,7-8,20H2,1-2H3,(H,36,43)(H2,34,38,42). The van der Waals surface area contributed by atoms with Gasteiger partial charge in [-0.05, 0) is 72.4 Å². The second-order valence-electron chi connectivity index (χ2n) is 11.2. The number of carbonyl (C=O) groups excluding carboxylic acids is 2. The Kier molecular flexibility index (Phi) is 9.53. The fourth-order valence-electron chi connectivity index (χ4n) is 5.28. The second kappa shape index (κ2) is 13.9. The van der Waals surface area contributed by atoms with Crippen LogP contribution in [0.1, 0.15) is 85.1 Å². The molecule has 11 nitrogen and oxygen atoms in total. The molecule has 5 rings (SSSR count). The SMILES string of the molecule is CC(C)c1noc(-c2cccc(NC(=O)N(Cc3ccc(C(=O)N=C(N)N=N)cc3)c3ccc(C4CCCCC4)cc3)c2)n1. The summed E-state index contributed by atoms with van der Waals surface area (Å²) < 4.78 is 5.45. The number of aliphatic imine (C=N–C) groups is 1. The van der Waals surface area contributed by atoms with Crippen LogP contribution in [0.3, 0.4) is 0 Å². The summed E-state index contributed by atoms with van der Waals surface area (Å²) in [4.78, 5) is 35.8. The Morgan fingerprint density at radius 2 is 1.77 bits per heavy atom. The van der Waals surface area contributed by atoms with E-state index in [-0.39, 0.29) is 18.5 Å². The summed E-state index contributed by atoms with van der Waals surface area (Å²) in [6.45, 7) is 4.23. The van der Waals surface area contributed by atoms with Gasteiger partial charge in [0.2, 0.25) is 5.96 Å². The van der Waals surface area contributed by atoms with Crippen LogP contribution in [-0.2, 0) is 6.54 Å². The van der Waals surface area contributed by atoms with Crippen molar-refractivity contribution in [2.24, 2.45) is 15.8 Å². The van der Waals surface area contributed by atoms with Crippen molar-refractivity contribution in [2.75, 3.05) is 10.2 Å². The van der Waals surface area contributed by atoms with Crippen molar-refractivity contribution in [1.29, 1.82) is 5.53 Å². The summed E-state index contributed by atoms with van der Waals surface area (Å²) in [6.07, 6.45) is 6.16. The van der Waals surface area contributed by atoms with Gasteiger partial charge in [0.1, 0.15) is 0 Å². The molecule has 11 heteroatoms. The molecule has 1 fully saturated rings. The van der Waals surface area contributed by atoms with Gasteiger partial charge in [-0.15, -0.1) is 5.11 Å². The van der Waals surface area contributed by atoms with Crippen molar-refractivity contribution in [3.63, 3.8) is 0 Å². The fraction of sp³-hybridized carbons (Fsp3) is 0.303. The van der Waals surface area contributed by atoms with E-state index >= 15 is 0 Å². The summed E-state index contributed by atoms with van der Waals surface area (Å²) >= 11 is 0. The predicted octanol–water partition coefficient (Wildman–Crippen LogP) is 7.63. The smallest absolute Gasteiger partial charge is 0.326 e. The van der Waals surface area contributed by atoms with Gasteiger partial charge in [0.25, 0.3) is 11.8 Å². The van der Waals surface area contributed by atoms with Gasteiger partial charge >= 0.3 is 6.03 Å². The van der Waals surface area contributed by atoms with Crippen LogP contribution in [0.25, 0.3) is 11.5 Å². The third kappa shape index (κ3) is 7.41. The van der Waals surface area contributed by atoms with E-state index in [2.05, 4.69) is 37.7 Å². The van der Waals surface area contributed by atoms with Gasteiger partial charge in [-0.3, -0.25) is 9.69 Å². The lowest BCUT2D eigenvalue weighted by atomic mass is 9.84.